The smallest absolute Gasteiger partial charge is 0.137 e. The van der Waals surface area contributed by atoms with Crippen molar-refractivity contribution in [3.05, 3.63) is 57.0 Å². The average Bonchev–Trinajstić information content (AvgIpc) is 2.41. The van der Waals surface area contributed by atoms with Crippen molar-refractivity contribution in [1.82, 2.24) is 0 Å². The standard InChI is InChI=1S/C15H14Cl3NO/c1-9(12-7-10(16)3-5-13(12)17)19-11-4-6-15(20-2)14(18)8-11/h3-9,19H,1-2H3. The molecule has 1 N–H and O–H groups in total. The second kappa shape index (κ2) is 6.57. The van der Waals surface area contributed by atoms with E-state index in [1.54, 1.807) is 19.2 Å². The first kappa shape index (κ1) is 15.3. The van der Waals surface area contributed by atoms with Crippen LogP contribution in [0.2, 0.25) is 15.1 Å². The molecule has 106 valence electrons. The predicted molar refractivity (Wildman–Crippen MR) is 86.5 cm³/mol. The van der Waals surface area contributed by atoms with Gasteiger partial charge in [-0.3, -0.25) is 0 Å². The average molecular weight is 331 g/mol. The van der Waals surface area contributed by atoms with Crippen LogP contribution < -0.4 is 10.1 Å². The highest BCUT2D eigenvalue weighted by Crippen LogP contribution is 2.31. The fourth-order valence-corrected chi connectivity index (χ4v) is 2.65. The number of hydrogen-bond acceptors (Lipinski definition) is 2. The number of anilines is 1. The van der Waals surface area contributed by atoms with Crippen LogP contribution in [-0.4, -0.2) is 7.11 Å². The molecule has 0 saturated carbocycles. The Morgan fingerprint density at radius 1 is 1.00 bits per heavy atom. The maximum atomic E-state index is 6.19. The van der Waals surface area contributed by atoms with Gasteiger partial charge < -0.3 is 10.1 Å². The Bertz CT molecular complexity index is 616. The van der Waals surface area contributed by atoms with E-state index in [9.17, 15) is 0 Å². The maximum Gasteiger partial charge on any atom is 0.137 e. The highest BCUT2D eigenvalue weighted by atomic mass is 35.5. The van der Waals surface area contributed by atoms with Crippen LogP contribution in [0, 0.1) is 0 Å². The molecule has 0 fully saturated rings. The van der Waals surface area contributed by atoms with Gasteiger partial charge in [-0.2, -0.15) is 0 Å². The summed E-state index contributed by atoms with van der Waals surface area (Å²) in [5.74, 6) is 0.644. The molecule has 0 aromatic heterocycles. The number of ether oxygens (including phenoxy) is 1. The molecule has 0 heterocycles. The van der Waals surface area contributed by atoms with E-state index in [1.807, 2.05) is 31.2 Å². The Morgan fingerprint density at radius 2 is 1.75 bits per heavy atom. The second-order valence-corrected chi connectivity index (χ2v) is 5.63. The number of rotatable bonds is 4. The molecule has 0 aliphatic rings. The SMILES string of the molecule is COc1ccc(NC(C)c2cc(Cl)ccc2Cl)cc1Cl. The molecule has 0 aliphatic carbocycles. The van der Waals surface area contributed by atoms with Crippen molar-refractivity contribution >= 4 is 40.5 Å². The summed E-state index contributed by atoms with van der Waals surface area (Å²) in [6.07, 6.45) is 0. The minimum absolute atomic E-state index is 0.00524. The molecule has 0 aliphatic heterocycles. The zero-order valence-electron chi connectivity index (χ0n) is 11.1. The summed E-state index contributed by atoms with van der Waals surface area (Å²) < 4.78 is 5.13. The molecule has 2 aromatic rings. The van der Waals surface area contributed by atoms with Gasteiger partial charge in [0.1, 0.15) is 5.75 Å². The van der Waals surface area contributed by atoms with Crippen molar-refractivity contribution in [3.8, 4) is 5.75 Å². The van der Waals surface area contributed by atoms with Crippen LogP contribution in [0.4, 0.5) is 5.69 Å². The Labute approximate surface area is 133 Å². The van der Waals surface area contributed by atoms with E-state index in [0.29, 0.717) is 20.8 Å². The highest BCUT2D eigenvalue weighted by molar-refractivity contribution is 6.33. The summed E-state index contributed by atoms with van der Waals surface area (Å²) in [6, 6.07) is 11.0. The second-order valence-electron chi connectivity index (χ2n) is 4.38. The van der Waals surface area contributed by atoms with E-state index in [2.05, 4.69) is 5.32 Å². The van der Waals surface area contributed by atoms with Crippen molar-refractivity contribution in [1.29, 1.82) is 0 Å². The quantitative estimate of drug-likeness (QED) is 0.761. The normalized spacial score (nSPS) is 12.1. The van der Waals surface area contributed by atoms with Gasteiger partial charge in [0.2, 0.25) is 0 Å². The summed E-state index contributed by atoms with van der Waals surface area (Å²) >= 11 is 18.3. The monoisotopic (exact) mass is 329 g/mol. The molecule has 0 spiro atoms. The minimum Gasteiger partial charge on any atom is -0.495 e. The summed E-state index contributed by atoms with van der Waals surface area (Å²) in [7, 11) is 1.59. The van der Waals surface area contributed by atoms with Gasteiger partial charge >= 0.3 is 0 Å². The molecule has 0 saturated heterocycles. The summed E-state index contributed by atoms with van der Waals surface area (Å²) in [5.41, 5.74) is 1.82. The van der Waals surface area contributed by atoms with Gasteiger partial charge in [0.25, 0.3) is 0 Å². The van der Waals surface area contributed by atoms with Gasteiger partial charge in [0.05, 0.1) is 18.2 Å². The summed E-state index contributed by atoms with van der Waals surface area (Å²) in [4.78, 5) is 0. The fourth-order valence-electron chi connectivity index (χ4n) is 1.93. The van der Waals surface area contributed by atoms with Crippen LogP contribution in [0.1, 0.15) is 18.5 Å². The summed E-state index contributed by atoms with van der Waals surface area (Å²) in [6.45, 7) is 2.01. The van der Waals surface area contributed by atoms with Crippen LogP contribution >= 0.6 is 34.8 Å². The van der Waals surface area contributed by atoms with E-state index >= 15 is 0 Å². The molecule has 2 aromatic carbocycles. The van der Waals surface area contributed by atoms with Crippen molar-refractivity contribution in [2.75, 3.05) is 12.4 Å². The highest BCUT2D eigenvalue weighted by Gasteiger charge is 2.11. The van der Waals surface area contributed by atoms with Crippen LogP contribution in [0.25, 0.3) is 0 Å². The van der Waals surface area contributed by atoms with Crippen LogP contribution in [0.5, 0.6) is 5.75 Å². The predicted octanol–water partition coefficient (Wildman–Crippen LogP) is 5.83. The Morgan fingerprint density at radius 3 is 2.40 bits per heavy atom. The van der Waals surface area contributed by atoms with Crippen LogP contribution in [0.3, 0.4) is 0 Å². The van der Waals surface area contributed by atoms with E-state index in [0.717, 1.165) is 11.3 Å². The van der Waals surface area contributed by atoms with Gasteiger partial charge in [-0.25, -0.2) is 0 Å². The van der Waals surface area contributed by atoms with E-state index < -0.39 is 0 Å². The van der Waals surface area contributed by atoms with Crippen molar-refractivity contribution in [2.24, 2.45) is 0 Å². The zero-order valence-corrected chi connectivity index (χ0v) is 13.4. The lowest BCUT2D eigenvalue weighted by molar-refractivity contribution is 0.415. The first-order valence-corrected chi connectivity index (χ1v) is 7.19. The third-order valence-electron chi connectivity index (χ3n) is 2.96. The lowest BCUT2D eigenvalue weighted by atomic mass is 10.1. The summed E-state index contributed by atoms with van der Waals surface area (Å²) in [5, 5.41) is 5.23. The maximum absolute atomic E-state index is 6.19. The largest absolute Gasteiger partial charge is 0.495 e. The first-order valence-electron chi connectivity index (χ1n) is 6.06. The Hall–Kier alpha value is -1.09. The molecule has 0 amide bonds. The minimum atomic E-state index is 0.00524. The number of halogens is 3. The molecule has 0 radical (unpaired) electrons. The zero-order chi connectivity index (χ0) is 14.7. The third kappa shape index (κ3) is 3.51. The number of nitrogens with one attached hydrogen (secondary N) is 1. The molecular weight excluding hydrogens is 317 g/mol. The van der Waals surface area contributed by atoms with Gasteiger partial charge in [0.15, 0.2) is 0 Å². The molecule has 20 heavy (non-hydrogen) atoms. The fraction of sp³-hybridized carbons (Fsp3) is 0.200. The Balaban J connectivity index is 2.21. The number of methoxy groups -OCH3 is 1. The third-order valence-corrected chi connectivity index (χ3v) is 3.83. The van der Waals surface area contributed by atoms with Crippen molar-refractivity contribution in [2.45, 2.75) is 13.0 Å². The molecule has 2 nitrogen and oxygen atoms in total. The van der Waals surface area contributed by atoms with Gasteiger partial charge in [-0.15, -0.1) is 0 Å². The van der Waals surface area contributed by atoms with E-state index in [4.69, 9.17) is 39.5 Å². The Kier molecular flexibility index (Phi) is 5.03. The molecule has 5 heteroatoms. The van der Waals surface area contributed by atoms with Crippen molar-refractivity contribution in [3.63, 3.8) is 0 Å². The molecule has 2 rings (SSSR count). The number of hydrogen-bond donors (Lipinski definition) is 1. The topological polar surface area (TPSA) is 21.3 Å². The van der Waals surface area contributed by atoms with E-state index in [1.165, 1.54) is 0 Å². The first-order chi connectivity index (χ1) is 9.51. The van der Waals surface area contributed by atoms with Gasteiger partial charge in [0, 0.05) is 15.7 Å². The lowest BCUT2D eigenvalue weighted by Gasteiger charge is -2.18. The van der Waals surface area contributed by atoms with Gasteiger partial charge in [-0.1, -0.05) is 34.8 Å². The van der Waals surface area contributed by atoms with Gasteiger partial charge in [-0.05, 0) is 48.9 Å². The molecular formula is C15H14Cl3NO. The van der Waals surface area contributed by atoms with Crippen LogP contribution in [0.15, 0.2) is 36.4 Å². The van der Waals surface area contributed by atoms with Crippen molar-refractivity contribution < 1.29 is 4.74 Å². The molecule has 1 unspecified atom stereocenters. The molecule has 1 atom stereocenters. The van der Waals surface area contributed by atoms with E-state index in [-0.39, 0.29) is 6.04 Å². The van der Waals surface area contributed by atoms with Crippen LogP contribution in [-0.2, 0) is 0 Å². The molecule has 0 bridgehead atoms. The number of benzene rings is 2. The lowest BCUT2D eigenvalue weighted by Crippen LogP contribution is -2.07.